The fraction of sp³-hybridized carbons (Fsp3) is 0.292. The van der Waals surface area contributed by atoms with Gasteiger partial charge in [0.05, 0.1) is 9.38 Å². The average molecular weight is 550 g/mol. The minimum absolute atomic E-state index is 0.180. The first-order valence-corrected chi connectivity index (χ1v) is 12.6. The molecular formula is C24H22BrClN2O4S. The molecule has 0 unspecified atom stereocenters. The molecule has 3 amide bonds. The first-order valence-electron chi connectivity index (χ1n) is 10.6. The molecule has 0 saturated carbocycles. The molecule has 2 fully saturated rings. The number of piperidine rings is 1. The molecule has 4 rings (SSSR count). The summed E-state index contributed by atoms with van der Waals surface area (Å²) in [6.45, 7) is 1.48. The largest absolute Gasteiger partial charge is 0.488 e. The first kappa shape index (κ1) is 23.9. The number of hydrogen-bond acceptors (Lipinski definition) is 5. The van der Waals surface area contributed by atoms with Crippen LogP contribution in [0.5, 0.6) is 5.75 Å². The molecule has 2 heterocycles. The highest BCUT2D eigenvalue weighted by molar-refractivity contribution is 9.10. The van der Waals surface area contributed by atoms with Crippen molar-refractivity contribution in [3.05, 3.63) is 68.0 Å². The molecule has 2 aliphatic heterocycles. The fourth-order valence-corrected chi connectivity index (χ4v) is 5.20. The Hall–Kier alpha value is -2.29. The zero-order valence-electron chi connectivity index (χ0n) is 17.8. The second-order valence-electron chi connectivity index (χ2n) is 7.78. The first-order chi connectivity index (χ1) is 15.9. The third-order valence-corrected chi connectivity index (χ3v) is 7.37. The van der Waals surface area contributed by atoms with Crippen molar-refractivity contribution < 1.29 is 19.1 Å². The van der Waals surface area contributed by atoms with E-state index in [9.17, 15) is 14.4 Å². The van der Waals surface area contributed by atoms with Gasteiger partial charge in [-0.2, -0.15) is 0 Å². The van der Waals surface area contributed by atoms with Gasteiger partial charge in [-0.15, -0.1) is 0 Å². The zero-order valence-corrected chi connectivity index (χ0v) is 20.9. The lowest BCUT2D eigenvalue weighted by Crippen LogP contribution is -2.44. The van der Waals surface area contributed by atoms with Crippen molar-refractivity contribution in [3.8, 4) is 5.75 Å². The molecule has 0 bridgehead atoms. The van der Waals surface area contributed by atoms with E-state index in [0.29, 0.717) is 39.8 Å². The van der Waals surface area contributed by atoms with Crippen LogP contribution in [-0.2, 0) is 16.2 Å². The molecule has 0 radical (unpaired) electrons. The standard InChI is InChI=1S/C24H22BrClN2O4S/c25-18-12-16(8-9-20(18)32-15-17-6-2-3-7-19(17)26)13-21-23(30)28(24(31)33-21)14-22(29)27-10-4-1-5-11-27/h2-3,6-9,12-13H,1,4-5,10-11,14-15H2/b21-13+. The summed E-state index contributed by atoms with van der Waals surface area (Å²) in [5.41, 5.74) is 1.61. The summed E-state index contributed by atoms with van der Waals surface area (Å²) in [5.74, 6) is 0.0128. The highest BCUT2D eigenvalue weighted by Gasteiger charge is 2.37. The van der Waals surface area contributed by atoms with Gasteiger partial charge in [-0.3, -0.25) is 19.3 Å². The second-order valence-corrected chi connectivity index (χ2v) is 10.0. The van der Waals surface area contributed by atoms with Gasteiger partial charge in [0.1, 0.15) is 18.9 Å². The van der Waals surface area contributed by atoms with Gasteiger partial charge in [-0.1, -0.05) is 35.9 Å². The molecule has 2 aliphatic rings. The third kappa shape index (κ3) is 5.80. The molecule has 2 aromatic rings. The van der Waals surface area contributed by atoms with Crippen LogP contribution in [0.25, 0.3) is 6.08 Å². The molecular weight excluding hydrogens is 528 g/mol. The van der Waals surface area contributed by atoms with Gasteiger partial charge in [-0.05, 0) is 76.8 Å². The summed E-state index contributed by atoms with van der Waals surface area (Å²) >= 11 is 10.5. The molecule has 0 spiro atoms. The van der Waals surface area contributed by atoms with Crippen LogP contribution in [0.1, 0.15) is 30.4 Å². The van der Waals surface area contributed by atoms with Gasteiger partial charge in [0, 0.05) is 23.7 Å². The molecule has 9 heteroatoms. The van der Waals surface area contributed by atoms with Crippen LogP contribution in [0, 0.1) is 0 Å². The lowest BCUT2D eigenvalue weighted by Gasteiger charge is -2.27. The van der Waals surface area contributed by atoms with E-state index in [1.165, 1.54) is 0 Å². The number of carbonyl (C=O) groups is 3. The number of hydrogen-bond donors (Lipinski definition) is 0. The Morgan fingerprint density at radius 2 is 1.88 bits per heavy atom. The van der Waals surface area contributed by atoms with Crippen molar-refractivity contribution in [1.82, 2.24) is 9.80 Å². The number of thioether (sulfide) groups is 1. The van der Waals surface area contributed by atoms with Gasteiger partial charge < -0.3 is 9.64 Å². The van der Waals surface area contributed by atoms with Crippen LogP contribution in [-0.4, -0.2) is 46.5 Å². The van der Waals surface area contributed by atoms with Crippen molar-refractivity contribution in [1.29, 1.82) is 0 Å². The van der Waals surface area contributed by atoms with E-state index in [1.54, 1.807) is 23.1 Å². The Kier molecular flexibility index (Phi) is 7.78. The summed E-state index contributed by atoms with van der Waals surface area (Å²) in [6.07, 6.45) is 4.67. The maximum atomic E-state index is 12.8. The van der Waals surface area contributed by atoms with Crippen LogP contribution in [0.4, 0.5) is 4.79 Å². The van der Waals surface area contributed by atoms with E-state index in [4.69, 9.17) is 16.3 Å². The van der Waals surface area contributed by atoms with Crippen LogP contribution in [0.15, 0.2) is 51.8 Å². The third-order valence-electron chi connectivity index (χ3n) is 5.47. The van der Waals surface area contributed by atoms with Crippen LogP contribution in [0.2, 0.25) is 5.02 Å². The maximum absolute atomic E-state index is 12.8. The Labute approximate surface area is 210 Å². The van der Waals surface area contributed by atoms with Gasteiger partial charge >= 0.3 is 0 Å². The molecule has 33 heavy (non-hydrogen) atoms. The monoisotopic (exact) mass is 548 g/mol. The Bertz CT molecular complexity index is 1120. The van der Waals surface area contributed by atoms with E-state index in [1.807, 2.05) is 30.3 Å². The summed E-state index contributed by atoms with van der Waals surface area (Å²) in [7, 11) is 0. The van der Waals surface area contributed by atoms with Crippen molar-refractivity contribution in [3.63, 3.8) is 0 Å². The lowest BCUT2D eigenvalue weighted by atomic mass is 10.1. The van der Waals surface area contributed by atoms with Gasteiger partial charge in [-0.25, -0.2) is 0 Å². The van der Waals surface area contributed by atoms with Crippen LogP contribution in [0.3, 0.4) is 0 Å². The highest BCUT2D eigenvalue weighted by Crippen LogP contribution is 2.34. The van der Waals surface area contributed by atoms with Crippen molar-refractivity contribution in [2.45, 2.75) is 25.9 Å². The van der Waals surface area contributed by atoms with E-state index in [0.717, 1.165) is 47.1 Å². The van der Waals surface area contributed by atoms with E-state index < -0.39 is 11.1 Å². The smallest absolute Gasteiger partial charge is 0.294 e. The number of imide groups is 1. The van der Waals surface area contributed by atoms with Crippen molar-refractivity contribution in [2.75, 3.05) is 19.6 Å². The van der Waals surface area contributed by atoms with E-state index in [-0.39, 0.29) is 12.5 Å². The molecule has 0 aromatic heterocycles. The minimum Gasteiger partial charge on any atom is -0.488 e. The number of ether oxygens (including phenoxy) is 1. The number of likely N-dealkylation sites (tertiary alicyclic amines) is 1. The van der Waals surface area contributed by atoms with Crippen LogP contribution >= 0.6 is 39.3 Å². The predicted octanol–water partition coefficient (Wildman–Crippen LogP) is 5.73. The summed E-state index contributed by atoms with van der Waals surface area (Å²) < 4.78 is 6.57. The summed E-state index contributed by atoms with van der Waals surface area (Å²) in [5, 5.41) is 0.218. The summed E-state index contributed by atoms with van der Waals surface area (Å²) in [6, 6.07) is 12.9. The number of rotatable bonds is 6. The highest BCUT2D eigenvalue weighted by atomic mass is 79.9. The van der Waals surface area contributed by atoms with Gasteiger partial charge in [0.2, 0.25) is 5.91 Å². The quantitative estimate of drug-likeness (QED) is 0.431. The Balaban J connectivity index is 1.41. The minimum atomic E-state index is -0.439. The topological polar surface area (TPSA) is 66.9 Å². The number of carbonyl (C=O) groups excluding carboxylic acids is 3. The Morgan fingerprint density at radius 3 is 2.61 bits per heavy atom. The van der Waals surface area contributed by atoms with Crippen LogP contribution < -0.4 is 4.74 Å². The van der Waals surface area contributed by atoms with Gasteiger partial charge in [0.25, 0.3) is 11.1 Å². The number of nitrogens with zero attached hydrogens (tertiary/aromatic N) is 2. The molecule has 0 aliphatic carbocycles. The van der Waals surface area contributed by atoms with Crippen molar-refractivity contribution >= 4 is 62.4 Å². The maximum Gasteiger partial charge on any atom is 0.294 e. The molecule has 2 saturated heterocycles. The fourth-order valence-electron chi connectivity index (χ4n) is 3.66. The molecule has 0 N–H and O–H groups in total. The second kappa shape index (κ2) is 10.8. The molecule has 0 atom stereocenters. The zero-order chi connectivity index (χ0) is 23.4. The normalized spacial score (nSPS) is 17.7. The predicted molar refractivity (Wildman–Crippen MR) is 133 cm³/mol. The lowest BCUT2D eigenvalue weighted by molar-refractivity contribution is -0.136. The Morgan fingerprint density at radius 1 is 1.12 bits per heavy atom. The van der Waals surface area contributed by atoms with Crippen molar-refractivity contribution in [2.24, 2.45) is 0 Å². The number of benzene rings is 2. The van der Waals surface area contributed by atoms with E-state index in [2.05, 4.69) is 15.9 Å². The molecule has 2 aromatic carbocycles. The molecule has 172 valence electrons. The average Bonchev–Trinajstić information content (AvgIpc) is 3.07. The molecule has 6 nitrogen and oxygen atoms in total. The number of amides is 3. The summed E-state index contributed by atoms with van der Waals surface area (Å²) in [4.78, 5) is 40.7. The van der Waals surface area contributed by atoms with Gasteiger partial charge in [0.15, 0.2) is 0 Å². The van der Waals surface area contributed by atoms with E-state index >= 15 is 0 Å². The SMILES string of the molecule is O=C(CN1C(=O)S/C(=C/c2ccc(OCc3ccccc3Cl)c(Br)c2)C1=O)N1CCCCC1. The number of halogens is 2.